The zero-order valence-corrected chi connectivity index (χ0v) is 12.3. The summed E-state index contributed by atoms with van der Waals surface area (Å²) in [6.07, 6.45) is 3.04. The number of halogens is 1. The number of aromatic nitrogens is 2. The largest absolute Gasteiger partial charge is 0.343 e. The van der Waals surface area contributed by atoms with Crippen molar-refractivity contribution in [2.45, 2.75) is 6.92 Å². The highest BCUT2D eigenvalue weighted by Crippen LogP contribution is 2.17. The van der Waals surface area contributed by atoms with Crippen LogP contribution in [-0.2, 0) is 4.79 Å². The van der Waals surface area contributed by atoms with Crippen LogP contribution in [0.1, 0.15) is 15.9 Å². The number of aryl methyl sites for hydroxylation is 1. The number of nitrogens with one attached hydrogen (secondary N) is 3. The van der Waals surface area contributed by atoms with E-state index in [4.69, 9.17) is 0 Å². The van der Waals surface area contributed by atoms with Crippen molar-refractivity contribution in [1.82, 2.24) is 15.5 Å². The van der Waals surface area contributed by atoms with Crippen LogP contribution in [0.3, 0.4) is 0 Å². The van der Waals surface area contributed by atoms with Gasteiger partial charge >= 0.3 is 0 Å². The molecule has 0 aliphatic heterocycles. The van der Waals surface area contributed by atoms with Crippen LogP contribution in [0.5, 0.6) is 0 Å². The Hall–Kier alpha value is -2.15. The Labute approximate surface area is 124 Å². The van der Waals surface area contributed by atoms with Crippen LogP contribution in [0.4, 0.5) is 5.69 Å². The van der Waals surface area contributed by atoms with Crippen molar-refractivity contribution >= 4 is 33.4 Å². The lowest BCUT2D eigenvalue weighted by Crippen LogP contribution is -2.32. The quantitative estimate of drug-likeness (QED) is 0.796. The molecule has 6 nitrogen and oxygen atoms in total. The summed E-state index contributed by atoms with van der Waals surface area (Å²) < 4.78 is 0.855. The Morgan fingerprint density at radius 3 is 2.85 bits per heavy atom. The lowest BCUT2D eigenvalue weighted by Gasteiger charge is -2.06. The first kappa shape index (κ1) is 14.3. The van der Waals surface area contributed by atoms with Crippen LogP contribution in [0.15, 0.2) is 35.1 Å². The third-order valence-corrected chi connectivity index (χ3v) is 3.48. The Balaban J connectivity index is 1.88. The molecule has 1 aromatic carbocycles. The van der Waals surface area contributed by atoms with E-state index in [0.717, 1.165) is 10.0 Å². The first-order valence-corrected chi connectivity index (χ1v) is 6.68. The SMILES string of the molecule is Cc1ccc(C(=O)NCC(=O)Nc2cn[nH]c2)cc1Br. The number of hydrogen-bond acceptors (Lipinski definition) is 3. The van der Waals surface area contributed by atoms with Crippen molar-refractivity contribution in [3.63, 3.8) is 0 Å². The minimum atomic E-state index is -0.314. The Bertz CT molecular complexity index is 625. The van der Waals surface area contributed by atoms with Gasteiger partial charge in [0, 0.05) is 16.2 Å². The molecule has 0 spiro atoms. The maximum Gasteiger partial charge on any atom is 0.251 e. The summed E-state index contributed by atoms with van der Waals surface area (Å²) in [6, 6.07) is 5.27. The number of amides is 2. The van der Waals surface area contributed by atoms with Crippen molar-refractivity contribution in [2.24, 2.45) is 0 Å². The van der Waals surface area contributed by atoms with E-state index < -0.39 is 0 Å². The third-order valence-electron chi connectivity index (χ3n) is 2.63. The van der Waals surface area contributed by atoms with Gasteiger partial charge in [0.25, 0.3) is 5.91 Å². The fourth-order valence-corrected chi connectivity index (χ4v) is 1.90. The number of anilines is 1. The van der Waals surface area contributed by atoms with Gasteiger partial charge in [-0.1, -0.05) is 22.0 Å². The number of aromatic amines is 1. The highest BCUT2D eigenvalue weighted by molar-refractivity contribution is 9.10. The molecule has 2 amide bonds. The van der Waals surface area contributed by atoms with E-state index in [1.165, 1.54) is 6.20 Å². The van der Waals surface area contributed by atoms with Gasteiger partial charge in [0.15, 0.2) is 0 Å². The summed E-state index contributed by atoms with van der Waals surface area (Å²) in [5.41, 5.74) is 2.10. The molecule has 0 bridgehead atoms. The van der Waals surface area contributed by atoms with Gasteiger partial charge in [-0.2, -0.15) is 5.10 Å². The zero-order valence-electron chi connectivity index (χ0n) is 10.7. The minimum absolute atomic E-state index is 0.102. The fourth-order valence-electron chi connectivity index (χ4n) is 1.52. The van der Waals surface area contributed by atoms with Crippen LogP contribution in [0.2, 0.25) is 0 Å². The van der Waals surface area contributed by atoms with Gasteiger partial charge in [-0.25, -0.2) is 0 Å². The molecule has 0 aliphatic carbocycles. The minimum Gasteiger partial charge on any atom is -0.343 e. The van der Waals surface area contributed by atoms with Crippen LogP contribution in [0.25, 0.3) is 0 Å². The lowest BCUT2D eigenvalue weighted by molar-refractivity contribution is -0.115. The van der Waals surface area contributed by atoms with E-state index >= 15 is 0 Å². The van der Waals surface area contributed by atoms with Gasteiger partial charge in [0.2, 0.25) is 5.91 Å². The number of H-pyrrole nitrogens is 1. The second-order valence-electron chi connectivity index (χ2n) is 4.18. The molecule has 0 atom stereocenters. The molecular weight excluding hydrogens is 324 g/mol. The van der Waals surface area contributed by atoms with Crippen LogP contribution >= 0.6 is 15.9 Å². The van der Waals surface area contributed by atoms with Gasteiger partial charge in [-0.15, -0.1) is 0 Å². The van der Waals surface area contributed by atoms with E-state index in [9.17, 15) is 9.59 Å². The summed E-state index contributed by atoms with van der Waals surface area (Å²) in [6.45, 7) is 1.83. The predicted octanol–water partition coefficient (Wildman–Crippen LogP) is 1.85. The standard InChI is InChI=1S/C13H13BrN4O2/c1-8-2-3-9(4-11(8)14)13(20)15-7-12(19)18-10-5-16-17-6-10/h2-6H,7H2,1H3,(H,15,20)(H,16,17)(H,18,19). The molecule has 2 rings (SSSR count). The van der Waals surface area contributed by atoms with Crippen LogP contribution in [0, 0.1) is 6.92 Å². The number of rotatable bonds is 4. The summed E-state index contributed by atoms with van der Waals surface area (Å²) in [5.74, 6) is -0.612. The zero-order chi connectivity index (χ0) is 14.5. The molecule has 2 aromatic rings. The maximum absolute atomic E-state index is 11.9. The van der Waals surface area contributed by atoms with Crippen molar-refractivity contribution in [3.8, 4) is 0 Å². The molecule has 0 fully saturated rings. The van der Waals surface area contributed by atoms with E-state index in [1.807, 2.05) is 13.0 Å². The lowest BCUT2D eigenvalue weighted by atomic mass is 10.1. The third kappa shape index (κ3) is 3.67. The first-order chi connectivity index (χ1) is 9.56. The summed E-state index contributed by atoms with van der Waals surface area (Å²) in [4.78, 5) is 23.5. The molecule has 0 aliphatic rings. The molecule has 3 N–H and O–H groups in total. The Morgan fingerprint density at radius 2 is 2.20 bits per heavy atom. The number of nitrogens with zero attached hydrogens (tertiary/aromatic N) is 1. The molecule has 0 saturated heterocycles. The summed E-state index contributed by atoms with van der Waals surface area (Å²) >= 11 is 3.36. The van der Waals surface area contributed by atoms with Crippen molar-refractivity contribution in [2.75, 3.05) is 11.9 Å². The van der Waals surface area contributed by atoms with Gasteiger partial charge in [-0.05, 0) is 24.6 Å². The molecule has 0 radical (unpaired) electrons. The average Bonchev–Trinajstić information content (AvgIpc) is 2.92. The highest BCUT2D eigenvalue weighted by atomic mass is 79.9. The normalized spacial score (nSPS) is 10.1. The van der Waals surface area contributed by atoms with Crippen LogP contribution in [-0.4, -0.2) is 28.6 Å². The Kier molecular flexibility index (Phi) is 4.52. The highest BCUT2D eigenvalue weighted by Gasteiger charge is 2.09. The number of carbonyl (C=O) groups excluding carboxylic acids is 2. The number of hydrogen-bond donors (Lipinski definition) is 3. The van der Waals surface area contributed by atoms with Gasteiger partial charge in [0.05, 0.1) is 18.4 Å². The molecule has 0 saturated carbocycles. The summed E-state index contributed by atoms with van der Waals surface area (Å²) in [5, 5.41) is 11.4. The fraction of sp³-hybridized carbons (Fsp3) is 0.154. The predicted molar refractivity (Wildman–Crippen MR) is 78.4 cm³/mol. The van der Waals surface area contributed by atoms with Gasteiger partial charge < -0.3 is 10.6 Å². The van der Waals surface area contributed by atoms with E-state index in [2.05, 4.69) is 36.8 Å². The maximum atomic E-state index is 11.9. The van der Waals surface area contributed by atoms with Gasteiger partial charge in [0.1, 0.15) is 0 Å². The molecule has 20 heavy (non-hydrogen) atoms. The van der Waals surface area contributed by atoms with E-state index in [1.54, 1.807) is 18.3 Å². The average molecular weight is 337 g/mol. The van der Waals surface area contributed by atoms with Crippen molar-refractivity contribution < 1.29 is 9.59 Å². The number of benzene rings is 1. The van der Waals surface area contributed by atoms with Gasteiger partial charge in [-0.3, -0.25) is 14.7 Å². The molecule has 104 valence electrons. The molecule has 1 aromatic heterocycles. The van der Waals surface area contributed by atoms with Crippen LogP contribution < -0.4 is 10.6 Å². The van der Waals surface area contributed by atoms with E-state index in [-0.39, 0.29) is 18.4 Å². The molecule has 7 heteroatoms. The number of carbonyl (C=O) groups is 2. The molecular formula is C13H13BrN4O2. The first-order valence-electron chi connectivity index (χ1n) is 5.89. The van der Waals surface area contributed by atoms with Crippen molar-refractivity contribution in [3.05, 3.63) is 46.2 Å². The second kappa shape index (κ2) is 6.33. The Morgan fingerprint density at radius 1 is 1.40 bits per heavy atom. The molecule has 1 heterocycles. The monoisotopic (exact) mass is 336 g/mol. The molecule has 0 unspecified atom stereocenters. The topological polar surface area (TPSA) is 86.9 Å². The summed E-state index contributed by atoms with van der Waals surface area (Å²) in [7, 11) is 0. The van der Waals surface area contributed by atoms with Crippen molar-refractivity contribution in [1.29, 1.82) is 0 Å². The smallest absolute Gasteiger partial charge is 0.251 e. The second-order valence-corrected chi connectivity index (χ2v) is 5.04. The van der Waals surface area contributed by atoms with E-state index in [0.29, 0.717) is 11.3 Å².